The van der Waals surface area contributed by atoms with E-state index in [0.717, 1.165) is 27.6 Å². The van der Waals surface area contributed by atoms with Gasteiger partial charge in [0.2, 0.25) is 5.91 Å². The second-order valence-electron chi connectivity index (χ2n) is 8.41. The summed E-state index contributed by atoms with van der Waals surface area (Å²) in [5.74, 6) is -5.68. The molecule has 0 aliphatic carbocycles. The van der Waals surface area contributed by atoms with Gasteiger partial charge in [0.05, 0.1) is 11.4 Å². The fourth-order valence-corrected chi connectivity index (χ4v) is 4.20. The van der Waals surface area contributed by atoms with Gasteiger partial charge < -0.3 is 14.4 Å². The number of hydrogen-bond acceptors (Lipinski definition) is 7. The van der Waals surface area contributed by atoms with Crippen LogP contribution >= 0.6 is 0 Å². The summed E-state index contributed by atoms with van der Waals surface area (Å²) >= 11 is 0. The van der Waals surface area contributed by atoms with Crippen LogP contribution in [-0.4, -0.2) is 46.8 Å². The molecule has 37 heavy (non-hydrogen) atoms. The number of ether oxygens (including phenoxy) is 2. The van der Waals surface area contributed by atoms with Crippen LogP contribution in [-0.2, 0) is 25.7 Å². The Morgan fingerprint density at radius 2 is 1.89 bits per heavy atom. The molecule has 9 nitrogen and oxygen atoms in total. The number of esters is 1. The van der Waals surface area contributed by atoms with Crippen LogP contribution in [0.4, 0.5) is 18.9 Å². The number of para-hydroxylation sites is 1. The number of hydroxylamine groups is 1. The summed E-state index contributed by atoms with van der Waals surface area (Å²) in [4.78, 5) is 41.8. The van der Waals surface area contributed by atoms with Gasteiger partial charge in [0, 0.05) is 28.9 Å². The van der Waals surface area contributed by atoms with Gasteiger partial charge in [0.15, 0.2) is 6.10 Å². The summed E-state index contributed by atoms with van der Waals surface area (Å²) in [6, 6.07) is 16.1. The van der Waals surface area contributed by atoms with Crippen molar-refractivity contribution in [2.24, 2.45) is 5.92 Å². The molecule has 2 aromatic carbocycles. The maximum absolute atomic E-state index is 12.9. The van der Waals surface area contributed by atoms with E-state index < -0.39 is 36.0 Å². The maximum atomic E-state index is 12.9. The molecule has 2 atom stereocenters. The molecule has 0 saturated carbocycles. The number of pyridine rings is 1. The molecule has 12 heteroatoms. The van der Waals surface area contributed by atoms with Crippen LogP contribution in [0.3, 0.4) is 0 Å². The van der Waals surface area contributed by atoms with Crippen molar-refractivity contribution in [1.29, 1.82) is 0 Å². The lowest BCUT2D eigenvalue weighted by atomic mass is 10.00. The van der Waals surface area contributed by atoms with Crippen molar-refractivity contribution >= 4 is 34.4 Å². The van der Waals surface area contributed by atoms with E-state index in [-0.39, 0.29) is 19.6 Å². The number of carbonyl (C=O) groups excluding carboxylic acids is 3. The minimum absolute atomic E-state index is 0.0603. The lowest BCUT2D eigenvalue weighted by Crippen LogP contribution is -2.46. The largest absolute Gasteiger partial charge is 0.490 e. The van der Waals surface area contributed by atoms with E-state index in [1.54, 1.807) is 24.3 Å². The molecule has 1 saturated heterocycles. The van der Waals surface area contributed by atoms with Crippen LogP contribution in [0.25, 0.3) is 10.9 Å². The second-order valence-corrected chi connectivity index (χ2v) is 8.41. The summed E-state index contributed by atoms with van der Waals surface area (Å²) in [6.45, 7) is 2.23. The van der Waals surface area contributed by atoms with E-state index in [9.17, 15) is 27.6 Å². The molecule has 4 rings (SSSR count). The third kappa shape index (κ3) is 5.64. The lowest BCUT2D eigenvalue weighted by Gasteiger charge is -2.22. The smallest absolute Gasteiger partial charge is 0.489 e. The Hall–Kier alpha value is -4.19. The van der Waals surface area contributed by atoms with Crippen molar-refractivity contribution in [3.63, 3.8) is 0 Å². The first kappa shape index (κ1) is 25.9. The number of hydrogen-bond donors (Lipinski definition) is 2. The van der Waals surface area contributed by atoms with Gasteiger partial charge in [-0.05, 0) is 49.7 Å². The molecule has 3 aromatic rings. The minimum atomic E-state index is -5.37. The maximum Gasteiger partial charge on any atom is 0.490 e. The van der Waals surface area contributed by atoms with Gasteiger partial charge in [-0.3, -0.25) is 19.8 Å². The van der Waals surface area contributed by atoms with Crippen molar-refractivity contribution in [3.05, 3.63) is 65.9 Å². The Bertz CT molecular complexity index is 1330. The Balaban J connectivity index is 1.45. The first-order valence-corrected chi connectivity index (χ1v) is 11.2. The predicted molar refractivity (Wildman–Crippen MR) is 124 cm³/mol. The van der Waals surface area contributed by atoms with Crippen LogP contribution in [0, 0.1) is 12.8 Å². The highest BCUT2D eigenvalue weighted by Crippen LogP contribution is 2.31. The molecule has 2 N–H and O–H groups in total. The number of alkyl halides is 3. The van der Waals surface area contributed by atoms with E-state index in [1.165, 1.54) is 4.90 Å². The highest BCUT2D eigenvalue weighted by Gasteiger charge is 2.48. The monoisotopic (exact) mass is 517 g/mol. The van der Waals surface area contributed by atoms with Crippen LogP contribution < -0.4 is 15.1 Å². The van der Waals surface area contributed by atoms with Crippen LogP contribution in [0.1, 0.15) is 17.7 Å². The third-order valence-corrected chi connectivity index (χ3v) is 5.92. The zero-order valence-corrected chi connectivity index (χ0v) is 19.5. The summed E-state index contributed by atoms with van der Waals surface area (Å²) in [6.07, 6.45) is -7.58. The SMILES string of the molecule is Cc1cc(COc2ccc(N3CC[C@H]([C@H](OC(=O)C(F)(F)F)C(=O)NO)C3=O)cc2)c2ccccc2n1. The summed E-state index contributed by atoms with van der Waals surface area (Å²) in [5, 5.41) is 9.84. The second kappa shape index (κ2) is 10.4. The molecular weight excluding hydrogens is 495 g/mol. The topological polar surface area (TPSA) is 118 Å². The molecule has 1 aliphatic heterocycles. The molecule has 0 bridgehead atoms. The van der Waals surface area contributed by atoms with Crippen LogP contribution in [0.2, 0.25) is 0 Å². The molecular formula is C25H22F3N3O6. The van der Waals surface area contributed by atoms with Gasteiger partial charge in [-0.25, -0.2) is 10.3 Å². The normalized spacial score (nSPS) is 16.5. The van der Waals surface area contributed by atoms with E-state index in [4.69, 9.17) is 9.94 Å². The molecule has 1 aromatic heterocycles. The number of fused-ring (bicyclic) bond motifs is 1. The van der Waals surface area contributed by atoms with Crippen LogP contribution in [0.5, 0.6) is 5.75 Å². The number of anilines is 1. The molecule has 2 heterocycles. The number of nitrogens with zero attached hydrogens (tertiary/aromatic N) is 2. The van der Waals surface area contributed by atoms with Gasteiger partial charge in [0.1, 0.15) is 12.4 Å². The van der Waals surface area contributed by atoms with Crippen molar-refractivity contribution < 1.29 is 42.2 Å². The zero-order chi connectivity index (χ0) is 26.7. The fraction of sp³-hybridized carbons (Fsp3) is 0.280. The molecule has 0 radical (unpaired) electrons. The number of nitrogens with one attached hydrogen (secondary N) is 1. The number of halogens is 3. The van der Waals surface area contributed by atoms with Gasteiger partial charge in [-0.2, -0.15) is 13.2 Å². The van der Waals surface area contributed by atoms with Crippen molar-refractivity contribution in [1.82, 2.24) is 10.5 Å². The lowest BCUT2D eigenvalue weighted by molar-refractivity contribution is -0.208. The number of carbonyl (C=O) groups is 3. The van der Waals surface area contributed by atoms with Crippen molar-refractivity contribution in [2.75, 3.05) is 11.4 Å². The molecule has 0 spiro atoms. The first-order chi connectivity index (χ1) is 17.6. The fourth-order valence-electron chi connectivity index (χ4n) is 4.20. The third-order valence-electron chi connectivity index (χ3n) is 5.92. The van der Waals surface area contributed by atoms with E-state index in [2.05, 4.69) is 9.72 Å². The van der Waals surface area contributed by atoms with Gasteiger partial charge >= 0.3 is 12.1 Å². The van der Waals surface area contributed by atoms with Crippen LogP contribution in [0.15, 0.2) is 54.6 Å². The van der Waals surface area contributed by atoms with E-state index in [1.807, 2.05) is 37.3 Å². The standard InChI is InChI=1S/C25H22F3N3O6/c1-14-12-15(18-4-2-3-5-20(18)29-14)13-36-17-8-6-16(7-9-17)31-11-10-19(23(31)33)21(22(32)30-35)37-24(34)25(26,27)28/h2-9,12,19,21,35H,10-11,13H2,1H3,(H,30,32)/t19-,21+/m1/s1. The summed E-state index contributed by atoms with van der Waals surface area (Å²) in [7, 11) is 0. The molecule has 194 valence electrons. The number of benzene rings is 2. The Morgan fingerprint density at radius 3 is 2.57 bits per heavy atom. The number of amides is 2. The Kier molecular flexibility index (Phi) is 7.30. The quantitative estimate of drug-likeness (QED) is 0.280. The van der Waals surface area contributed by atoms with Gasteiger partial charge in [-0.15, -0.1) is 0 Å². The Labute approximate surface area is 208 Å². The molecule has 2 amide bonds. The summed E-state index contributed by atoms with van der Waals surface area (Å²) in [5.41, 5.74) is 4.22. The highest BCUT2D eigenvalue weighted by atomic mass is 19.4. The van der Waals surface area contributed by atoms with Crippen molar-refractivity contribution in [2.45, 2.75) is 32.2 Å². The molecule has 1 aliphatic rings. The minimum Gasteiger partial charge on any atom is -0.489 e. The van der Waals surface area contributed by atoms with Gasteiger partial charge in [-0.1, -0.05) is 18.2 Å². The van der Waals surface area contributed by atoms with Crippen molar-refractivity contribution in [3.8, 4) is 5.75 Å². The van der Waals surface area contributed by atoms with E-state index >= 15 is 0 Å². The average Bonchev–Trinajstić information content (AvgIpc) is 3.25. The van der Waals surface area contributed by atoms with E-state index in [0.29, 0.717) is 11.4 Å². The number of rotatable bonds is 7. The highest BCUT2D eigenvalue weighted by molar-refractivity contribution is 6.01. The summed E-state index contributed by atoms with van der Waals surface area (Å²) < 4.78 is 48.0. The zero-order valence-electron chi connectivity index (χ0n) is 19.5. The Morgan fingerprint density at radius 1 is 1.19 bits per heavy atom. The number of aryl methyl sites for hydroxylation is 1. The van der Waals surface area contributed by atoms with Gasteiger partial charge in [0.25, 0.3) is 5.91 Å². The average molecular weight is 517 g/mol. The number of aromatic nitrogens is 1. The first-order valence-electron chi connectivity index (χ1n) is 11.2. The predicted octanol–water partition coefficient (Wildman–Crippen LogP) is 3.45. The molecule has 1 fully saturated rings. The molecule has 0 unspecified atom stereocenters.